The number of benzene rings is 4. The van der Waals surface area contributed by atoms with E-state index in [-0.39, 0.29) is 11.5 Å². The van der Waals surface area contributed by atoms with Gasteiger partial charge in [0.1, 0.15) is 11.9 Å². The normalized spacial score (nSPS) is 12.6. The number of nitrogens with two attached hydrogens (primary N) is 1. The van der Waals surface area contributed by atoms with Crippen LogP contribution in [0.4, 0.5) is 21.9 Å². The first-order valence-corrected chi connectivity index (χ1v) is 12.4. The number of rotatable bonds is 9. The molecule has 0 heterocycles. The number of aromatic hydroxyl groups is 1. The van der Waals surface area contributed by atoms with Gasteiger partial charge in [0.2, 0.25) is 5.91 Å². The molecular weight excluding hydrogens is 510 g/mol. The standard InChI is InChI=1S/C31H29N3O6/c1-19(35)20-11-13-21(14-12-20)33-31(38)40-30(24-15-16-27(36)23-8-4-3-7-22(23)24)28(39-2)17-18-29(37)34-26-10-6-5-9-25(26)32/h3-18,28,30,36H,32H2,1-2H3,(H,33,38)(H,34,37)/b18-17+/t28-,30-/m1/s1. The van der Waals surface area contributed by atoms with E-state index in [4.69, 9.17) is 15.2 Å². The van der Waals surface area contributed by atoms with Crippen LogP contribution in [0, 0.1) is 0 Å². The van der Waals surface area contributed by atoms with E-state index in [9.17, 15) is 19.5 Å². The summed E-state index contributed by atoms with van der Waals surface area (Å²) in [5.41, 5.74) is 8.27. The predicted octanol–water partition coefficient (Wildman–Crippen LogP) is 5.83. The summed E-state index contributed by atoms with van der Waals surface area (Å²) in [7, 11) is 1.43. The SMILES string of the molecule is CO[C@H](/C=C/C(=O)Nc1ccccc1N)[C@H](OC(=O)Nc1ccc(C(C)=O)cc1)c1ccc(O)c2ccccc12. The number of para-hydroxylation sites is 2. The molecular formula is C31H29N3O6. The molecule has 9 heteroatoms. The van der Waals surface area contributed by atoms with Crippen LogP contribution < -0.4 is 16.4 Å². The molecule has 4 aromatic carbocycles. The van der Waals surface area contributed by atoms with Crippen molar-refractivity contribution in [2.45, 2.75) is 19.1 Å². The van der Waals surface area contributed by atoms with Crippen molar-refractivity contribution in [2.75, 3.05) is 23.5 Å². The fourth-order valence-corrected chi connectivity index (χ4v) is 4.18. The largest absolute Gasteiger partial charge is 0.507 e. The van der Waals surface area contributed by atoms with E-state index in [2.05, 4.69) is 10.6 Å². The van der Waals surface area contributed by atoms with Crippen molar-refractivity contribution < 1.29 is 29.0 Å². The zero-order valence-electron chi connectivity index (χ0n) is 22.0. The van der Waals surface area contributed by atoms with Crippen LogP contribution in [0.3, 0.4) is 0 Å². The number of ketones is 1. The van der Waals surface area contributed by atoms with E-state index in [0.717, 1.165) is 0 Å². The van der Waals surface area contributed by atoms with Crippen LogP contribution in [0.15, 0.2) is 97.1 Å². The van der Waals surface area contributed by atoms with Gasteiger partial charge in [0.25, 0.3) is 0 Å². The van der Waals surface area contributed by atoms with Gasteiger partial charge < -0.3 is 25.6 Å². The molecule has 0 saturated heterocycles. The lowest BCUT2D eigenvalue weighted by molar-refractivity contribution is -0.112. The van der Waals surface area contributed by atoms with Crippen molar-refractivity contribution in [1.29, 1.82) is 0 Å². The van der Waals surface area contributed by atoms with Gasteiger partial charge in [-0.15, -0.1) is 0 Å². The van der Waals surface area contributed by atoms with E-state index in [1.54, 1.807) is 78.9 Å². The minimum atomic E-state index is -1.02. The first-order chi connectivity index (χ1) is 19.3. The van der Waals surface area contributed by atoms with Gasteiger partial charge in [0.15, 0.2) is 11.9 Å². The van der Waals surface area contributed by atoms with Crippen LogP contribution in [0.25, 0.3) is 10.8 Å². The van der Waals surface area contributed by atoms with Crippen LogP contribution in [-0.4, -0.2) is 36.1 Å². The molecule has 40 heavy (non-hydrogen) atoms. The fourth-order valence-electron chi connectivity index (χ4n) is 4.18. The highest BCUT2D eigenvalue weighted by Crippen LogP contribution is 2.35. The zero-order valence-corrected chi connectivity index (χ0v) is 22.0. The Kier molecular flexibility index (Phi) is 8.78. The molecule has 0 aliphatic heterocycles. The second-order valence-electron chi connectivity index (χ2n) is 8.94. The number of amides is 2. The van der Waals surface area contributed by atoms with Crippen molar-refractivity contribution in [3.05, 3.63) is 108 Å². The Labute approximate surface area is 231 Å². The molecule has 5 N–H and O–H groups in total. The van der Waals surface area contributed by atoms with Crippen LogP contribution in [0.2, 0.25) is 0 Å². The van der Waals surface area contributed by atoms with Crippen LogP contribution >= 0.6 is 0 Å². The maximum Gasteiger partial charge on any atom is 0.412 e. The molecule has 4 rings (SSSR count). The summed E-state index contributed by atoms with van der Waals surface area (Å²) in [5.74, 6) is -0.483. The number of ether oxygens (including phenoxy) is 2. The molecule has 2 amide bonds. The Bertz CT molecular complexity index is 1570. The predicted molar refractivity (Wildman–Crippen MR) is 154 cm³/mol. The maximum atomic E-state index is 13.0. The minimum absolute atomic E-state index is 0.0671. The first kappa shape index (κ1) is 27.9. The molecule has 0 fully saturated rings. The Balaban J connectivity index is 1.63. The molecule has 4 aromatic rings. The molecule has 0 radical (unpaired) electrons. The van der Waals surface area contributed by atoms with E-state index in [1.165, 1.54) is 32.3 Å². The number of carbonyl (C=O) groups is 3. The van der Waals surface area contributed by atoms with Gasteiger partial charge in [0.05, 0.1) is 11.4 Å². The third kappa shape index (κ3) is 6.64. The topological polar surface area (TPSA) is 140 Å². The van der Waals surface area contributed by atoms with Gasteiger partial charge in [-0.3, -0.25) is 14.9 Å². The summed E-state index contributed by atoms with van der Waals surface area (Å²) >= 11 is 0. The van der Waals surface area contributed by atoms with Crippen molar-refractivity contribution in [3.63, 3.8) is 0 Å². The number of hydrogen-bond donors (Lipinski definition) is 4. The highest BCUT2D eigenvalue weighted by molar-refractivity contribution is 6.01. The number of carbonyl (C=O) groups excluding carboxylic acids is 3. The van der Waals surface area contributed by atoms with E-state index in [0.29, 0.717) is 39.0 Å². The summed E-state index contributed by atoms with van der Waals surface area (Å²) in [4.78, 5) is 37.3. The van der Waals surface area contributed by atoms with Gasteiger partial charge >= 0.3 is 6.09 Å². The highest BCUT2D eigenvalue weighted by Gasteiger charge is 2.28. The van der Waals surface area contributed by atoms with Crippen molar-refractivity contribution in [2.24, 2.45) is 0 Å². The van der Waals surface area contributed by atoms with E-state index < -0.39 is 24.2 Å². The Morgan fingerprint density at radius 2 is 1.55 bits per heavy atom. The number of nitrogens with one attached hydrogen (secondary N) is 2. The molecule has 0 unspecified atom stereocenters. The quantitative estimate of drug-likeness (QED) is 0.119. The molecule has 204 valence electrons. The molecule has 0 bridgehead atoms. The molecule has 9 nitrogen and oxygen atoms in total. The van der Waals surface area contributed by atoms with Crippen molar-refractivity contribution >= 4 is 45.6 Å². The summed E-state index contributed by atoms with van der Waals surface area (Å²) in [6.07, 6.45) is 0.0680. The second kappa shape index (κ2) is 12.6. The summed E-state index contributed by atoms with van der Waals surface area (Å²) in [5, 5.41) is 17.0. The zero-order chi connectivity index (χ0) is 28.6. The third-order valence-corrected chi connectivity index (χ3v) is 6.24. The molecule has 0 aliphatic rings. The maximum absolute atomic E-state index is 13.0. The number of nitrogen functional groups attached to an aromatic ring is 1. The third-order valence-electron chi connectivity index (χ3n) is 6.24. The monoisotopic (exact) mass is 539 g/mol. The fraction of sp³-hybridized carbons (Fsp3) is 0.129. The smallest absolute Gasteiger partial charge is 0.412 e. The van der Waals surface area contributed by atoms with Crippen molar-refractivity contribution in [1.82, 2.24) is 0 Å². The van der Waals surface area contributed by atoms with Gasteiger partial charge in [0, 0.05) is 35.4 Å². The number of phenols is 1. The molecule has 2 atom stereocenters. The summed E-state index contributed by atoms with van der Waals surface area (Å²) < 4.78 is 11.5. The summed E-state index contributed by atoms with van der Waals surface area (Å²) in [6.45, 7) is 1.46. The van der Waals surface area contributed by atoms with E-state index in [1.807, 2.05) is 0 Å². The van der Waals surface area contributed by atoms with Gasteiger partial charge in [-0.1, -0.05) is 42.5 Å². The number of fused-ring (bicyclic) bond motifs is 1. The van der Waals surface area contributed by atoms with Gasteiger partial charge in [-0.05, 0) is 60.9 Å². The highest BCUT2D eigenvalue weighted by atomic mass is 16.6. The van der Waals surface area contributed by atoms with Gasteiger partial charge in [-0.25, -0.2) is 4.79 Å². The first-order valence-electron chi connectivity index (χ1n) is 12.4. The van der Waals surface area contributed by atoms with Gasteiger partial charge in [-0.2, -0.15) is 0 Å². The van der Waals surface area contributed by atoms with Crippen LogP contribution in [0.1, 0.15) is 28.9 Å². The molecule has 0 aliphatic carbocycles. The second-order valence-corrected chi connectivity index (χ2v) is 8.94. The number of Topliss-reactive ketones (excluding diaryl/α,β-unsaturated/α-hetero) is 1. The molecule has 0 saturated carbocycles. The average Bonchev–Trinajstić information content (AvgIpc) is 2.95. The van der Waals surface area contributed by atoms with Crippen LogP contribution in [-0.2, 0) is 14.3 Å². The molecule has 0 aromatic heterocycles. The van der Waals surface area contributed by atoms with E-state index >= 15 is 0 Å². The molecule has 0 spiro atoms. The Morgan fingerprint density at radius 1 is 0.875 bits per heavy atom. The number of phenolic OH excluding ortho intramolecular Hbond substituents is 1. The Morgan fingerprint density at radius 3 is 2.23 bits per heavy atom. The number of methoxy groups -OCH3 is 1. The van der Waals surface area contributed by atoms with Crippen molar-refractivity contribution in [3.8, 4) is 5.75 Å². The number of anilines is 3. The minimum Gasteiger partial charge on any atom is -0.507 e. The summed E-state index contributed by atoms with van der Waals surface area (Å²) in [6, 6.07) is 23.5. The number of hydrogen-bond acceptors (Lipinski definition) is 7. The lowest BCUT2D eigenvalue weighted by Gasteiger charge is -2.26. The lowest BCUT2D eigenvalue weighted by Crippen LogP contribution is -2.27. The Hall–Kier alpha value is -5.15. The van der Waals surface area contributed by atoms with Crippen LogP contribution in [0.5, 0.6) is 5.75 Å². The average molecular weight is 540 g/mol. The lowest BCUT2D eigenvalue weighted by atomic mass is 9.96.